The molecule has 1 aliphatic rings. The zero-order chi connectivity index (χ0) is 17.4. The van der Waals surface area contributed by atoms with Crippen molar-refractivity contribution >= 4 is 11.7 Å². The number of carbonyl (C=O) groups is 1. The second-order valence-electron chi connectivity index (χ2n) is 6.55. The molecule has 1 aliphatic heterocycles. The normalized spacial score (nSPS) is 18.5. The molecule has 0 bridgehead atoms. The molecule has 0 aromatic carbocycles. The van der Waals surface area contributed by atoms with Crippen LogP contribution in [0.3, 0.4) is 0 Å². The summed E-state index contributed by atoms with van der Waals surface area (Å²) in [7, 11) is 0. The van der Waals surface area contributed by atoms with Crippen molar-refractivity contribution in [2.75, 3.05) is 6.54 Å². The largest absolute Gasteiger partial charge is 0.464 e. The summed E-state index contributed by atoms with van der Waals surface area (Å²) >= 11 is 0. The summed E-state index contributed by atoms with van der Waals surface area (Å²) in [5.74, 6) is 2.18. The van der Waals surface area contributed by atoms with Crippen LogP contribution >= 0.6 is 0 Å². The molecule has 7 heteroatoms. The van der Waals surface area contributed by atoms with Gasteiger partial charge in [-0.3, -0.25) is 4.79 Å². The molecule has 1 unspecified atom stereocenters. The number of carbonyl (C=O) groups excluding carboxylic acids is 1. The Hall–Kier alpha value is -2.70. The fourth-order valence-electron chi connectivity index (χ4n) is 3.41. The number of amides is 1. The van der Waals surface area contributed by atoms with E-state index in [1.807, 2.05) is 36.9 Å². The van der Waals surface area contributed by atoms with Crippen molar-refractivity contribution in [2.24, 2.45) is 0 Å². The lowest BCUT2D eigenvalue weighted by Crippen LogP contribution is -2.35. The van der Waals surface area contributed by atoms with Crippen LogP contribution in [0.25, 0.3) is 5.78 Å². The third kappa shape index (κ3) is 2.90. The van der Waals surface area contributed by atoms with Gasteiger partial charge in [-0.15, -0.1) is 5.10 Å². The van der Waals surface area contributed by atoms with E-state index in [9.17, 15) is 4.79 Å². The summed E-state index contributed by atoms with van der Waals surface area (Å²) in [6.45, 7) is 4.52. The van der Waals surface area contributed by atoms with Gasteiger partial charge in [0.05, 0.1) is 6.04 Å². The molecular weight excluding hydrogens is 318 g/mol. The number of hydrogen-bond donors (Lipinski definition) is 0. The fraction of sp³-hybridized carbons (Fsp3) is 0.444. The molecule has 1 atom stereocenters. The maximum atomic E-state index is 13.1. The van der Waals surface area contributed by atoms with E-state index in [1.165, 1.54) is 0 Å². The lowest BCUT2D eigenvalue weighted by Gasteiger charge is -2.27. The van der Waals surface area contributed by atoms with E-state index < -0.39 is 0 Å². The van der Waals surface area contributed by atoms with Crippen molar-refractivity contribution in [3.05, 3.63) is 47.4 Å². The van der Waals surface area contributed by atoms with Crippen LogP contribution < -0.4 is 0 Å². The number of fused-ring (bicyclic) bond motifs is 1. The Kier molecular flexibility index (Phi) is 3.99. The van der Waals surface area contributed by atoms with Crippen molar-refractivity contribution in [1.29, 1.82) is 0 Å². The molecule has 0 saturated carbocycles. The third-order valence-corrected chi connectivity index (χ3v) is 4.72. The lowest BCUT2D eigenvalue weighted by atomic mass is 10.1. The highest BCUT2D eigenvalue weighted by atomic mass is 16.3. The predicted octanol–water partition coefficient (Wildman–Crippen LogP) is 3.09. The van der Waals surface area contributed by atoms with Crippen LogP contribution in [-0.2, 0) is 0 Å². The summed E-state index contributed by atoms with van der Waals surface area (Å²) < 4.78 is 7.43. The summed E-state index contributed by atoms with van der Waals surface area (Å²) in [4.78, 5) is 23.5. The van der Waals surface area contributed by atoms with Gasteiger partial charge in [0, 0.05) is 18.4 Å². The van der Waals surface area contributed by atoms with Gasteiger partial charge < -0.3 is 9.32 Å². The molecule has 25 heavy (non-hydrogen) atoms. The highest BCUT2D eigenvalue weighted by molar-refractivity contribution is 5.91. The maximum Gasteiger partial charge on any atom is 0.294 e. The fourth-order valence-corrected chi connectivity index (χ4v) is 3.41. The number of nitrogens with zero attached hydrogens (tertiary/aromatic N) is 5. The van der Waals surface area contributed by atoms with Crippen LogP contribution in [0, 0.1) is 13.8 Å². The van der Waals surface area contributed by atoms with Gasteiger partial charge in [0.1, 0.15) is 11.5 Å². The minimum Gasteiger partial charge on any atom is -0.464 e. The van der Waals surface area contributed by atoms with E-state index in [2.05, 4.69) is 15.1 Å². The van der Waals surface area contributed by atoms with Crippen molar-refractivity contribution < 1.29 is 9.21 Å². The molecule has 3 aromatic heterocycles. The molecule has 1 saturated heterocycles. The Balaban J connectivity index is 1.70. The average Bonchev–Trinajstić information content (AvgIpc) is 3.15. The van der Waals surface area contributed by atoms with Crippen LogP contribution in [0.15, 0.2) is 28.8 Å². The highest BCUT2D eigenvalue weighted by Crippen LogP contribution is 2.32. The minimum atomic E-state index is -0.161. The molecule has 4 rings (SSSR count). The Morgan fingerprint density at radius 2 is 2.08 bits per heavy atom. The first-order valence-corrected chi connectivity index (χ1v) is 8.69. The van der Waals surface area contributed by atoms with Crippen LogP contribution in [0.1, 0.15) is 59.6 Å². The van der Waals surface area contributed by atoms with E-state index in [0.29, 0.717) is 12.3 Å². The summed E-state index contributed by atoms with van der Waals surface area (Å²) in [6, 6.07) is 5.69. The van der Waals surface area contributed by atoms with Crippen LogP contribution in [-0.4, -0.2) is 36.9 Å². The third-order valence-electron chi connectivity index (χ3n) is 4.72. The smallest absolute Gasteiger partial charge is 0.294 e. The molecule has 0 aliphatic carbocycles. The zero-order valence-electron chi connectivity index (χ0n) is 14.5. The molecule has 0 radical (unpaired) electrons. The van der Waals surface area contributed by atoms with Gasteiger partial charge in [-0.05, 0) is 44.9 Å². The Morgan fingerprint density at radius 1 is 1.20 bits per heavy atom. The van der Waals surface area contributed by atoms with Gasteiger partial charge >= 0.3 is 0 Å². The monoisotopic (exact) mass is 339 g/mol. The predicted molar refractivity (Wildman–Crippen MR) is 91.2 cm³/mol. The van der Waals surface area contributed by atoms with E-state index in [1.54, 1.807) is 10.7 Å². The lowest BCUT2D eigenvalue weighted by molar-refractivity contribution is 0.0645. The quantitative estimate of drug-likeness (QED) is 0.717. The molecule has 3 aromatic rings. The highest BCUT2D eigenvalue weighted by Gasteiger charge is 2.31. The Labute approximate surface area is 145 Å². The number of rotatable bonds is 2. The van der Waals surface area contributed by atoms with Crippen molar-refractivity contribution in [2.45, 2.75) is 45.6 Å². The van der Waals surface area contributed by atoms with Crippen molar-refractivity contribution in [1.82, 2.24) is 24.5 Å². The average molecular weight is 339 g/mol. The maximum absolute atomic E-state index is 13.1. The van der Waals surface area contributed by atoms with E-state index in [-0.39, 0.29) is 17.8 Å². The van der Waals surface area contributed by atoms with Gasteiger partial charge in [0.15, 0.2) is 0 Å². The minimum absolute atomic E-state index is 0.0654. The van der Waals surface area contributed by atoms with Gasteiger partial charge in [0.2, 0.25) is 5.82 Å². The second kappa shape index (κ2) is 6.31. The molecule has 1 amide bonds. The molecule has 0 N–H and O–H groups in total. The molecule has 1 fully saturated rings. The number of aromatic nitrogens is 4. The van der Waals surface area contributed by atoms with Gasteiger partial charge in [0.25, 0.3) is 11.7 Å². The van der Waals surface area contributed by atoms with Gasteiger partial charge in [-0.25, -0.2) is 9.50 Å². The van der Waals surface area contributed by atoms with Gasteiger partial charge in [-0.2, -0.15) is 4.98 Å². The van der Waals surface area contributed by atoms with Crippen LogP contribution in [0.5, 0.6) is 0 Å². The zero-order valence-corrected chi connectivity index (χ0v) is 14.5. The summed E-state index contributed by atoms with van der Waals surface area (Å²) in [5, 5.41) is 4.37. The topological polar surface area (TPSA) is 76.5 Å². The molecule has 0 spiro atoms. The summed E-state index contributed by atoms with van der Waals surface area (Å²) in [6.07, 6.45) is 5.73. The number of aryl methyl sites for hydroxylation is 2. The van der Waals surface area contributed by atoms with Crippen molar-refractivity contribution in [3.8, 4) is 0 Å². The first kappa shape index (κ1) is 15.8. The van der Waals surface area contributed by atoms with E-state index in [4.69, 9.17) is 4.42 Å². The summed E-state index contributed by atoms with van der Waals surface area (Å²) in [5.41, 5.74) is 0.894. The Bertz CT molecular complexity index is 913. The number of likely N-dealkylation sites (tertiary alicyclic amines) is 1. The van der Waals surface area contributed by atoms with Crippen LogP contribution in [0.2, 0.25) is 0 Å². The number of furan rings is 1. The molecular formula is C18H21N5O2. The van der Waals surface area contributed by atoms with E-state index in [0.717, 1.165) is 42.9 Å². The van der Waals surface area contributed by atoms with E-state index >= 15 is 0 Å². The van der Waals surface area contributed by atoms with Crippen LogP contribution in [0.4, 0.5) is 0 Å². The van der Waals surface area contributed by atoms with Gasteiger partial charge in [-0.1, -0.05) is 12.8 Å². The van der Waals surface area contributed by atoms with Crippen molar-refractivity contribution in [3.63, 3.8) is 0 Å². The second-order valence-corrected chi connectivity index (χ2v) is 6.55. The standard InChI is InChI=1S/C18H21N5O2/c1-12-9-10-19-18-20-16(21-23(12)18)17(24)22-11-5-3-4-6-14(22)15-8-7-13(2)25-15/h7-10,14H,3-6,11H2,1-2H3. The Morgan fingerprint density at radius 3 is 2.84 bits per heavy atom. The SMILES string of the molecule is Cc1ccc(C2CCCCCN2C(=O)c2nc3nccc(C)n3n2)o1. The molecule has 130 valence electrons. The first-order valence-electron chi connectivity index (χ1n) is 8.69. The molecule has 4 heterocycles. The number of hydrogen-bond acceptors (Lipinski definition) is 5. The molecule has 7 nitrogen and oxygen atoms in total. The first-order chi connectivity index (χ1) is 12.1.